The summed E-state index contributed by atoms with van der Waals surface area (Å²) < 4.78 is 5.17. The fourth-order valence-corrected chi connectivity index (χ4v) is 1.42. The lowest BCUT2D eigenvalue weighted by Crippen LogP contribution is -2.27. The number of carbonyl (C=O) groups excluding carboxylic acids is 1. The molecule has 17 heavy (non-hydrogen) atoms. The average Bonchev–Trinajstić information content (AvgIpc) is 2.38. The van der Waals surface area contributed by atoms with Gasteiger partial charge in [0.25, 0.3) is 5.91 Å². The third-order valence-corrected chi connectivity index (χ3v) is 2.42. The normalized spacial score (nSPS) is 10.2. The molecule has 0 heterocycles. The van der Waals surface area contributed by atoms with Crippen molar-refractivity contribution in [1.29, 1.82) is 0 Å². The van der Waals surface area contributed by atoms with Crippen molar-refractivity contribution in [3.63, 3.8) is 0 Å². The molecule has 0 radical (unpaired) electrons. The van der Waals surface area contributed by atoms with Crippen LogP contribution in [-0.2, 0) is 11.2 Å². The highest BCUT2D eigenvalue weighted by Gasteiger charge is 2.03. The van der Waals surface area contributed by atoms with Crippen LogP contribution < -0.4 is 11.1 Å². The van der Waals surface area contributed by atoms with Gasteiger partial charge in [0.15, 0.2) is 0 Å². The Balaban J connectivity index is 2.31. The lowest BCUT2D eigenvalue weighted by atomic mass is 10.1. The first-order chi connectivity index (χ1) is 8.27. The summed E-state index contributed by atoms with van der Waals surface area (Å²) in [5, 5.41) is 2.79. The topological polar surface area (TPSA) is 64.3 Å². The summed E-state index contributed by atoms with van der Waals surface area (Å²) in [6.07, 6.45) is 0.981. The molecule has 0 aromatic heterocycles. The van der Waals surface area contributed by atoms with Crippen molar-refractivity contribution in [2.75, 3.05) is 26.3 Å². The SMILES string of the molecule is CCc1ccc(C(=O)NCCOCCN)cc1. The van der Waals surface area contributed by atoms with E-state index in [9.17, 15) is 4.79 Å². The van der Waals surface area contributed by atoms with Gasteiger partial charge < -0.3 is 15.8 Å². The number of aryl methyl sites for hydroxylation is 1. The molecule has 4 heteroatoms. The van der Waals surface area contributed by atoms with Crippen LogP contribution in [-0.4, -0.2) is 32.2 Å². The van der Waals surface area contributed by atoms with Crippen LogP contribution >= 0.6 is 0 Å². The number of hydrogen-bond donors (Lipinski definition) is 2. The number of nitrogens with one attached hydrogen (secondary N) is 1. The first-order valence-corrected chi connectivity index (χ1v) is 5.93. The van der Waals surface area contributed by atoms with E-state index in [4.69, 9.17) is 10.5 Å². The molecule has 0 spiro atoms. The van der Waals surface area contributed by atoms with E-state index in [0.717, 1.165) is 6.42 Å². The van der Waals surface area contributed by atoms with Crippen molar-refractivity contribution in [3.05, 3.63) is 35.4 Å². The van der Waals surface area contributed by atoms with Crippen LogP contribution in [0.2, 0.25) is 0 Å². The van der Waals surface area contributed by atoms with Crippen LogP contribution in [0.1, 0.15) is 22.8 Å². The Labute approximate surface area is 102 Å². The van der Waals surface area contributed by atoms with Crippen molar-refractivity contribution in [2.45, 2.75) is 13.3 Å². The minimum atomic E-state index is -0.0657. The highest BCUT2D eigenvalue weighted by atomic mass is 16.5. The monoisotopic (exact) mass is 236 g/mol. The molecule has 1 rings (SSSR count). The largest absolute Gasteiger partial charge is 0.378 e. The number of ether oxygens (including phenoxy) is 1. The molecule has 1 amide bonds. The van der Waals surface area contributed by atoms with Crippen molar-refractivity contribution >= 4 is 5.91 Å². The van der Waals surface area contributed by atoms with Gasteiger partial charge in [-0.1, -0.05) is 19.1 Å². The molecule has 0 bridgehead atoms. The Bertz CT molecular complexity index is 336. The Morgan fingerprint density at radius 1 is 1.29 bits per heavy atom. The van der Waals surface area contributed by atoms with Crippen LogP contribution in [0.5, 0.6) is 0 Å². The minimum Gasteiger partial charge on any atom is -0.378 e. The van der Waals surface area contributed by atoms with Gasteiger partial charge in [0, 0.05) is 18.7 Å². The number of carbonyl (C=O) groups is 1. The van der Waals surface area contributed by atoms with E-state index in [1.54, 1.807) is 0 Å². The summed E-state index contributed by atoms with van der Waals surface area (Å²) in [5.74, 6) is -0.0657. The van der Waals surface area contributed by atoms with Crippen LogP contribution in [0.15, 0.2) is 24.3 Å². The second-order valence-electron chi connectivity index (χ2n) is 3.71. The van der Waals surface area contributed by atoms with E-state index in [1.807, 2.05) is 24.3 Å². The van der Waals surface area contributed by atoms with Gasteiger partial charge in [0.2, 0.25) is 0 Å². The van der Waals surface area contributed by atoms with Gasteiger partial charge in [-0.25, -0.2) is 0 Å². The number of rotatable bonds is 7. The molecule has 94 valence electrons. The summed E-state index contributed by atoms with van der Waals surface area (Å²) in [6, 6.07) is 7.63. The number of amides is 1. The molecule has 0 unspecified atom stereocenters. The van der Waals surface area contributed by atoms with Crippen molar-refractivity contribution in [3.8, 4) is 0 Å². The summed E-state index contributed by atoms with van der Waals surface area (Å²) in [7, 11) is 0. The molecular formula is C13H20N2O2. The summed E-state index contributed by atoms with van der Waals surface area (Å²) in [5.41, 5.74) is 7.19. The molecule has 0 fully saturated rings. The van der Waals surface area contributed by atoms with Crippen LogP contribution in [0.3, 0.4) is 0 Å². The minimum absolute atomic E-state index is 0.0657. The zero-order valence-electron chi connectivity index (χ0n) is 10.2. The molecule has 3 N–H and O–H groups in total. The van der Waals surface area contributed by atoms with E-state index in [-0.39, 0.29) is 5.91 Å². The van der Waals surface area contributed by atoms with E-state index in [2.05, 4.69) is 12.2 Å². The van der Waals surface area contributed by atoms with E-state index < -0.39 is 0 Å². The molecule has 0 saturated heterocycles. The highest BCUT2D eigenvalue weighted by Crippen LogP contribution is 2.04. The number of nitrogens with two attached hydrogens (primary N) is 1. The van der Waals surface area contributed by atoms with Crippen LogP contribution in [0.25, 0.3) is 0 Å². The van der Waals surface area contributed by atoms with E-state index in [0.29, 0.717) is 31.9 Å². The van der Waals surface area contributed by atoms with Crippen LogP contribution in [0, 0.1) is 0 Å². The van der Waals surface area contributed by atoms with E-state index in [1.165, 1.54) is 5.56 Å². The predicted molar refractivity (Wildman–Crippen MR) is 68.0 cm³/mol. The Hall–Kier alpha value is -1.39. The molecule has 4 nitrogen and oxygen atoms in total. The summed E-state index contributed by atoms with van der Waals surface area (Å²) in [4.78, 5) is 11.7. The van der Waals surface area contributed by atoms with E-state index >= 15 is 0 Å². The van der Waals surface area contributed by atoms with Gasteiger partial charge in [0.05, 0.1) is 13.2 Å². The van der Waals surface area contributed by atoms with Crippen molar-refractivity contribution < 1.29 is 9.53 Å². The zero-order valence-corrected chi connectivity index (χ0v) is 10.2. The van der Waals surface area contributed by atoms with Gasteiger partial charge in [-0.2, -0.15) is 0 Å². The lowest BCUT2D eigenvalue weighted by molar-refractivity contribution is 0.0920. The van der Waals surface area contributed by atoms with Crippen molar-refractivity contribution in [2.24, 2.45) is 5.73 Å². The molecule has 1 aromatic rings. The molecule has 0 aliphatic carbocycles. The Morgan fingerprint density at radius 2 is 2.00 bits per heavy atom. The molecule has 0 aliphatic rings. The fourth-order valence-electron chi connectivity index (χ4n) is 1.42. The maximum Gasteiger partial charge on any atom is 0.251 e. The maximum atomic E-state index is 11.7. The molecule has 0 atom stereocenters. The lowest BCUT2D eigenvalue weighted by Gasteiger charge is -2.06. The molecule has 0 aliphatic heterocycles. The van der Waals surface area contributed by atoms with Gasteiger partial charge in [0.1, 0.15) is 0 Å². The van der Waals surface area contributed by atoms with Gasteiger partial charge in [-0.3, -0.25) is 4.79 Å². The average molecular weight is 236 g/mol. The quantitative estimate of drug-likeness (QED) is 0.693. The second kappa shape index (κ2) is 7.81. The third-order valence-electron chi connectivity index (χ3n) is 2.42. The number of benzene rings is 1. The highest BCUT2D eigenvalue weighted by molar-refractivity contribution is 5.94. The first kappa shape index (κ1) is 13.7. The predicted octanol–water partition coefficient (Wildman–Crippen LogP) is 0.954. The van der Waals surface area contributed by atoms with Gasteiger partial charge >= 0.3 is 0 Å². The maximum absolute atomic E-state index is 11.7. The van der Waals surface area contributed by atoms with Gasteiger partial charge in [-0.15, -0.1) is 0 Å². The molecule has 1 aromatic carbocycles. The fraction of sp³-hybridized carbons (Fsp3) is 0.462. The van der Waals surface area contributed by atoms with Gasteiger partial charge in [-0.05, 0) is 24.1 Å². The van der Waals surface area contributed by atoms with Crippen molar-refractivity contribution in [1.82, 2.24) is 5.32 Å². The molecule has 0 saturated carbocycles. The van der Waals surface area contributed by atoms with Crippen LogP contribution in [0.4, 0.5) is 0 Å². The molecular weight excluding hydrogens is 216 g/mol. The zero-order chi connectivity index (χ0) is 12.5. The summed E-state index contributed by atoms with van der Waals surface area (Å²) >= 11 is 0. The summed E-state index contributed by atoms with van der Waals surface area (Å²) in [6.45, 7) is 4.13. The first-order valence-electron chi connectivity index (χ1n) is 5.93. The second-order valence-corrected chi connectivity index (χ2v) is 3.71. The number of hydrogen-bond acceptors (Lipinski definition) is 3. The standard InChI is InChI=1S/C13H20N2O2/c1-2-11-3-5-12(6-4-11)13(16)15-8-10-17-9-7-14/h3-6H,2,7-10,14H2,1H3,(H,15,16). The third kappa shape index (κ3) is 4.97. The Kier molecular flexibility index (Phi) is 6.29. The Morgan fingerprint density at radius 3 is 2.59 bits per heavy atom. The smallest absolute Gasteiger partial charge is 0.251 e.